The van der Waals surface area contributed by atoms with Crippen LogP contribution in [0.25, 0.3) is 0 Å². The van der Waals surface area contributed by atoms with E-state index in [2.05, 4.69) is 10.3 Å². The number of hydrogen-bond acceptors (Lipinski definition) is 5. The summed E-state index contributed by atoms with van der Waals surface area (Å²) in [5, 5.41) is 17.1. The van der Waals surface area contributed by atoms with Crippen LogP contribution in [0.1, 0.15) is 22.0 Å². The van der Waals surface area contributed by atoms with Crippen molar-refractivity contribution < 1.29 is 9.90 Å². The minimum Gasteiger partial charge on any atom is -0.387 e. The first kappa shape index (κ1) is 14.0. The monoisotopic (exact) mass is 294 g/mol. The van der Waals surface area contributed by atoms with Crippen molar-refractivity contribution in [3.63, 3.8) is 0 Å². The lowest BCUT2D eigenvalue weighted by atomic mass is 10.2. The lowest BCUT2D eigenvalue weighted by molar-refractivity contribution is 0.0913. The van der Waals surface area contributed by atoms with E-state index in [1.165, 1.54) is 23.1 Å². The summed E-state index contributed by atoms with van der Waals surface area (Å²) in [6.45, 7) is 0.193. The molecule has 19 heavy (non-hydrogen) atoms. The van der Waals surface area contributed by atoms with Crippen molar-refractivity contribution >= 4 is 29.0 Å². The molecule has 6 heteroatoms. The number of aromatic nitrogens is 1. The molecule has 0 aliphatic carbocycles. The van der Waals surface area contributed by atoms with E-state index in [1.54, 1.807) is 18.3 Å². The maximum Gasteiger partial charge on any atom is 0.254 e. The van der Waals surface area contributed by atoms with E-state index in [0.717, 1.165) is 5.56 Å². The van der Waals surface area contributed by atoms with Gasteiger partial charge in [-0.25, -0.2) is 4.98 Å². The van der Waals surface area contributed by atoms with Gasteiger partial charge in [-0.15, -0.1) is 11.8 Å². The molecular weight excluding hydrogens is 280 g/mol. The highest BCUT2D eigenvalue weighted by atomic mass is 32.2. The SMILES string of the molecule is CSc1ncccc1C(=O)NCC(O)c1ccsc1. The van der Waals surface area contributed by atoms with E-state index in [0.29, 0.717) is 10.6 Å². The third-order valence-electron chi connectivity index (χ3n) is 2.59. The number of nitrogens with one attached hydrogen (secondary N) is 1. The lowest BCUT2D eigenvalue weighted by Gasteiger charge is -2.11. The molecule has 2 rings (SSSR count). The van der Waals surface area contributed by atoms with Crippen LogP contribution in [-0.4, -0.2) is 28.8 Å². The molecule has 0 aromatic carbocycles. The van der Waals surface area contributed by atoms with Crippen molar-refractivity contribution in [3.05, 3.63) is 46.3 Å². The number of carbonyl (C=O) groups is 1. The Morgan fingerprint density at radius 3 is 3.11 bits per heavy atom. The fourth-order valence-electron chi connectivity index (χ4n) is 1.59. The molecule has 0 fully saturated rings. The van der Waals surface area contributed by atoms with E-state index >= 15 is 0 Å². The molecule has 0 aliphatic rings. The average molecular weight is 294 g/mol. The fraction of sp³-hybridized carbons (Fsp3) is 0.231. The smallest absolute Gasteiger partial charge is 0.254 e. The number of aliphatic hydroxyl groups is 1. The normalized spacial score (nSPS) is 12.1. The summed E-state index contributed by atoms with van der Waals surface area (Å²) in [6.07, 6.45) is 2.85. The number of carbonyl (C=O) groups excluding carboxylic acids is 1. The number of thioether (sulfide) groups is 1. The zero-order chi connectivity index (χ0) is 13.7. The molecule has 2 aromatic rings. The first-order valence-electron chi connectivity index (χ1n) is 5.69. The second kappa shape index (κ2) is 6.70. The summed E-state index contributed by atoms with van der Waals surface area (Å²) < 4.78 is 0. The topological polar surface area (TPSA) is 62.2 Å². The number of amides is 1. The average Bonchev–Trinajstić information content (AvgIpc) is 2.98. The van der Waals surface area contributed by atoms with E-state index in [4.69, 9.17) is 0 Å². The van der Waals surface area contributed by atoms with Crippen LogP contribution in [0, 0.1) is 0 Å². The zero-order valence-corrected chi connectivity index (χ0v) is 12.0. The fourth-order valence-corrected chi connectivity index (χ4v) is 2.85. The second-order valence-corrected chi connectivity index (χ2v) is 5.42. The third-order valence-corrected chi connectivity index (χ3v) is 4.01. The largest absolute Gasteiger partial charge is 0.387 e. The third kappa shape index (κ3) is 3.56. The minimum atomic E-state index is -0.676. The molecule has 0 saturated heterocycles. The Bertz CT molecular complexity index is 543. The van der Waals surface area contributed by atoms with Gasteiger partial charge in [0, 0.05) is 12.7 Å². The second-order valence-electron chi connectivity index (χ2n) is 3.84. The van der Waals surface area contributed by atoms with Crippen LogP contribution in [0.2, 0.25) is 0 Å². The van der Waals surface area contributed by atoms with Crippen molar-refractivity contribution in [2.45, 2.75) is 11.1 Å². The van der Waals surface area contributed by atoms with Gasteiger partial charge in [0.2, 0.25) is 0 Å². The molecular formula is C13H14N2O2S2. The predicted octanol–water partition coefficient (Wildman–Crippen LogP) is 2.33. The van der Waals surface area contributed by atoms with Crippen molar-refractivity contribution in [2.75, 3.05) is 12.8 Å². The van der Waals surface area contributed by atoms with Crippen LogP contribution in [0.15, 0.2) is 40.2 Å². The highest BCUT2D eigenvalue weighted by Crippen LogP contribution is 2.18. The van der Waals surface area contributed by atoms with E-state index in [-0.39, 0.29) is 12.5 Å². The van der Waals surface area contributed by atoms with Gasteiger partial charge in [0.05, 0.1) is 11.7 Å². The number of thiophene rings is 1. The Morgan fingerprint density at radius 2 is 2.42 bits per heavy atom. The molecule has 2 heterocycles. The van der Waals surface area contributed by atoms with Crippen LogP contribution in [0.4, 0.5) is 0 Å². The van der Waals surface area contributed by atoms with E-state index in [1.807, 2.05) is 23.1 Å². The molecule has 0 spiro atoms. The first-order valence-corrected chi connectivity index (χ1v) is 7.86. The predicted molar refractivity (Wildman–Crippen MR) is 77.6 cm³/mol. The molecule has 0 bridgehead atoms. The van der Waals surface area contributed by atoms with Crippen LogP contribution < -0.4 is 5.32 Å². The van der Waals surface area contributed by atoms with Gasteiger partial charge in [-0.1, -0.05) is 0 Å². The first-order chi connectivity index (χ1) is 9.22. The van der Waals surface area contributed by atoms with Gasteiger partial charge >= 0.3 is 0 Å². The van der Waals surface area contributed by atoms with Gasteiger partial charge < -0.3 is 10.4 Å². The zero-order valence-electron chi connectivity index (χ0n) is 10.4. The van der Waals surface area contributed by atoms with Gasteiger partial charge in [-0.3, -0.25) is 4.79 Å². The molecule has 0 radical (unpaired) electrons. The number of pyridine rings is 1. The molecule has 100 valence electrons. The molecule has 1 amide bonds. The quantitative estimate of drug-likeness (QED) is 0.831. The Balaban J connectivity index is 1.98. The summed E-state index contributed by atoms with van der Waals surface area (Å²) in [7, 11) is 0. The summed E-state index contributed by atoms with van der Waals surface area (Å²) in [4.78, 5) is 16.2. The molecule has 4 nitrogen and oxygen atoms in total. The van der Waals surface area contributed by atoms with Crippen molar-refractivity contribution in [1.82, 2.24) is 10.3 Å². The van der Waals surface area contributed by atoms with Crippen LogP contribution >= 0.6 is 23.1 Å². The number of nitrogens with zero attached hydrogens (tertiary/aromatic N) is 1. The summed E-state index contributed by atoms with van der Waals surface area (Å²) in [5.74, 6) is -0.216. The molecule has 0 aliphatic heterocycles. The standard InChI is InChI=1S/C13H14N2O2S2/c1-18-13-10(3-2-5-14-13)12(17)15-7-11(16)9-4-6-19-8-9/h2-6,8,11,16H,7H2,1H3,(H,15,17). The van der Waals surface area contributed by atoms with Crippen LogP contribution in [0.5, 0.6) is 0 Å². The number of hydrogen-bond donors (Lipinski definition) is 2. The number of rotatable bonds is 5. The van der Waals surface area contributed by atoms with Crippen molar-refractivity contribution in [2.24, 2.45) is 0 Å². The highest BCUT2D eigenvalue weighted by Gasteiger charge is 2.14. The van der Waals surface area contributed by atoms with Crippen LogP contribution in [-0.2, 0) is 0 Å². The Morgan fingerprint density at radius 1 is 1.58 bits per heavy atom. The molecule has 2 aromatic heterocycles. The van der Waals surface area contributed by atoms with Crippen molar-refractivity contribution in [3.8, 4) is 0 Å². The molecule has 0 saturated carbocycles. The highest BCUT2D eigenvalue weighted by molar-refractivity contribution is 7.98. The van der Waals surface area contributed by atoms with Crippen molar-refractivity contribution in [1.29, 1.82) is 0 Å². The van der Waals surface area contributed by atoms with Gasteiger partial charge in [0.15, 0.2) is 0 Å². The van der Waals surface area contributed by atoms with Gasteiger partial charge in [0.25, 0.3) is 5.91 Å². The lowest BCUT2D eigenvalue weighted by Crippen LogP contribution is -2.28. The maximum atomic E-state index is 12.0. The Kier molecular flexibility index (Phi) is 4.95. The molecule has 1 atom stereocenters. The summed E-state index contributed by atoms with van der Waals surface area (Å²) in [5.41, 5.74) is 1.36. The minimum absolute atomic E-state index is 0.193. The Labute approximate surface area is 119 Å². The van der Waals surface area contributed by atoms with Gasteiger partial charge in [-0.05, 0) is 40.8 Å². The number of aliphatic hydroxyl groups excluding tert-OH is 1. The van der Waals surface area contributed by atoms with E-state index in [9.17, 15) is 9.90 Å². The summed E-state index contributed by atoms with van der Waals surface area (Å²) >= 11 is 2.94. The van der Waals surface area contributed by atoms with E-state index < -0.39 is 6.10 Å². The van der Waals surface area contributed by atoms with Crippen LogP contribution in [0.3, 0.4) is 0 Å². The summed E-state index contributed by atoms with van der Waals surface area (Å²) in [6, 6.07) is 5.30. The van der Waals surface area contributed by atoms with Gasteiger partial charge in [0.1, 0.15) is 5.03 Å². The molecule has 1 unspecified atom stereocenters. The maximum absolute atomic E-state index is 12.0. The molecule has 2 N–H and O–H groups in total. The Hall–Kier alpha value is -1.37. The van der Waals surface area contributed by atoms with Gasteiger partial charge in [-0.2, -0.15) is 11.3 Å².